The summed E-state index contributed by atoms with van der Waals surface area (Å²) < 4.78 is 11.9. The van der Waals surface area contributed by atoms with E-state index in [1.54, 1.807) is 23.7 Å². The molecular weight excluding hydrogens is 300 g/mol. The summed E-state index contributed by atoms with van der Waals surface area (Å²) in [6.45, 7) is 5.22. The molecule has 0 radical (unpaired) electrons. The van der Waals surface area contributed by atoms with Crippen LogP contribution in [0.4, 0.5) is 5.13 Å². The molecule has 7 heteroatoms. The molecule has 2 fully saturated rings. The molecule has 4 rings (SSSR count). The first kappa shape index (κ1) is 13.9. The molecule has 2 aromatic rings. The average molecular weight is 318 g/mol. The van der Waals surface area contributed by atoms with Gasteiger partial charge < -0.3 is 14.4 Å². The summed E-state index contributed by atoms with van der Waals surface area (Å²) in [4.78, 5) is 6.32. The molecule has 4 heterocycles. The monoisotopic (exact) mass is 318 g/mol. The molecule has 0 aromatic carbocycles. The van der Waals surface area contributed by atoms with Gasteiger partial charge >= 0.3 is 0 Å². The maximum atomic E-state index is 6.06. The Kier molecular flexibility index (Phi) is 3.46. The van der Waals surface area contributed by atoms with Crippen molar-refractivity contribution in [2.75, 3.05) is 31.2 Å². The quantitative estimate of drug-likeness (QED) is 0.858. The van der Waals surface area contributed by atoms with Crippen LogP contribution in [0.2, 0.25) is 0 Å². The molecule has 2 aromatic heterocycles. The highest BCUT2D eigenvalue weighted by Gasteiger charge is 2.54. The van der Waals surface area contributed by atoms with Gasteiger partial charge in [0.05, 0.1) is 25.9 Å². The molecule has 22 heavy (non-hydrogen) atoms. The molecule has 2 saturated heterocycles. The summed E-state index contributed by atoms with van der Waals surface area (Å²) in [5.74, 6) is 1.23. The van der Waals surface area contributed by atoms with Gasteiger partial charge in [-0.25, -0.2) is 0 Å². The molecule has 0 aliphatic carbocycles. The minimum Gasteiger partial charge on any atom is -0.492 e. The van der Waals surface area contributed by atoms with Gasteiger partial charge in [-0.3, -0.25) is 4.98 Å². The van der Waals surface area contributed by atoms with Crippen molar-refractivity contribution in [3.8, 4) is 5.75 Å². The lowest BCUT2D eigenvalue weighted by Crippen LogP contribution is -2.65. The minimum absolute atomic E-state index is 0.0816. The van der Waals surface area contributed by atoms with Crippen LogP contribution in [0.1, 0.15) is 11.4 Å². The van der Waals surface area contributed by atoms with Gasteiger partial charge in [-0.1, -0.05) is 11.3 Å². The number of hydrogen-bond acceptors (Lipinski definition) is 7. The topological polar surface area (TPSA) is 60.4 Å². The SMILES string of the molecule is Cc1nnc(N2CC3(C2)OCCC3COc2cccnc2)s1. The van der Waals surface area contributed by atoms with Gasteiger partial charge in [0.2, 0.25) is 5.13 Å². The van der Waals surface area contributed by atoms with Gasteiger partial charge in [-0.05, 0) is 25.5 Å². The molecule has 0 N–H and O–H groups in total. The molecule has 2 aliphatic heterocycles. The lowest BCUT2D eigenvalue weighted by molar-refractivity contribution is -0.0523. The lowest BCUT2D eigenvalue weighted by Gasteiger charge is -2.49. The second kappa shape index (κ2) is 5.48. The Morgan fingerprint density at radius 3 is 3.09 bits per heavy atom. The standard InChI is InChI=1S/C15H18N4O2S/c1-11-17-18-14(22-11)19-9-15(10-19)12(4-6-21-15)8-20-13-3-2-5-16-7-13/h2-3,5,7,12H,4,6,8-10H2,1H3. The van der Waals surface area contributed by atoms with E-state index in [0.29, 0.717) is 12.5 Å². The lowest BCUT2D eigenvalue weighted by atomic mass is 9.81. The second-order valence-electron chi connectivity index (χ2n) is 5.86. The van der Waals surface area contributed by atoms with Crippen LogP contribution in [0, 0.1) is 12.8 Å². The highest BCUT2D eigenvalue weighted by molar-refractivity contribution is 7.15. The van der Waals surface area contributed by atoms with Crippen molar-refractivity contribution in [2.45, 2.75) is 18.9 Å². The van der Waals surface area contributed by atoms with E-state index >= 15 is 0 Å². The maximum absolute atomic E-state index is 6.06. The van der Waals surface area contributed by atoms with Crippen LogP contribution < -0.4 is 9.64 Å². The fraction of sp³-hybridized carbons (Fsp3) is 0.533. The fourth-order valence-electron chi connectivity index (χ4n) is 3.15. The van der Waals surface area contributed by atoms with Crippen LogP contribution in [-0.2, 0) is 4.74 Å². The van der Waals surface area contributed by atoms with Gasteiger partial charge in [0.1, 0.15) is 16.4 Å². The largest absolute Gasteiger partial charge is 0.492 e. The predicted octanol–water partition coefficient (Wildman–Crippen LogP) is 1.92. The van der Waals surface area contributed by atoms with Crippen LogP contribution in [0.3, 0.4) is 0 Å². The fourth-order valence-corrected chi connectivity index (χ4v) is 3.83. The van der Waals surface area contributed by atoms with Crippen LogP contribution in [-0.4, -0.2) is 47.1 Å². The Hall–Kier alpha value is -1.73. The number of hydrogen-bond donors (Lipinski definition) is 0. The van der Waals surface area contributed by atoms with E-state index in [4.69, 9.17) is 9.47 Å². The summed E-state index contributed by atoms with van der Waals surface area (Å²) in [5.41, 5.74) is -0.0816. The zero-order chi connectivity index (χ0) is 15.0. The third-order valence-electron chi connectivity index (χ3n) is 4.39. The van der Waals surface area contributed by atoms with Crippen LogP contribution >= 0.6 is 11.3 Å². The number of pyridine rings is 1. The van der Waals surface area contributed by atoms with Crippen molar-refractivity contribution in [3.63, 3.8) is 0 Å². The molecule has 1 spiro atoms. The average Bonchev–Trinajstić information content (AvgIpc) is 3.10. The van der Waals surface area contributed by atoms with Crippen LogP contribution in [0.25, 0.3) is 0 Å². The number of ether oxygens (including phenoxy) is 2. The Bertz CT molecular complexity index is 642. The number of aryl methyl sites for hydroxylation is 1. The van der Waals surface area contributed by atoms with E-state index in [-0.39, 0.29) is 5.60 Å². The number of nitrogens with zero attached hydrogens (tertiary/aromatic N) is 4. The Balaban J connectivity index is 1.38. The van der Waals surface area contributed by atoms with Crippen LogP contribution in [0.15, 0.2) is 24.5 Å². The molecule has 2 aliphatic rings. The third-order valence-corrected chi connectivity index (χ3v) is 5.29. The smallest absolute Gasteiger partial charge is 0.208 e. The molecule has 0 amide bonds. The Morgan fingerprint density at radius 1 is 1.45 bits per heavy atom. The second-order valence-corrected chi connectivity index (χ2v) is 7.02. The number of anilines is 1. The summed E-state index contributed by atoms with van der Waals surface area (Å²) in [7, 11) is 0. The first-order valence-corrected chi connectivity index (χ1v) is 8.29. The van der Waals surface area contributed by atoms with E-state index < -0.39 is 0 Å². The van der Waals surface area contributed by atoms with Crippen molar-refractivity contribution in [1.29, 1.82) is 0 Å². The van der Waals surface area contributed by atoms with Crippen molar-refractivity contribution >= 4 is 16.5 Å². The zero-order valence-electron chi connectivity index (χ0n) is 12.4. The summed E-state index contributed by atoms with van der Waals surface area (Å²) in [6.07, 6.45) is 4.55. The molecule has 1 atom stereocenters. The van der Waals surface area contributed by atoms with Gasteiger partial charge in [0, 0.05) is 18.7 Å². The number of rotatable bonds is 4. The maximum Gasteiger partial charge on any atom is 0.208 e. The Morgan fingerprint density at radius 2 is 2.36 bits per heavy atom. The zero-order valence-corrected chi connectivity index (χ0v) is 13.3. The molecule has 116 valence electrons. The van der Waals surface area contributed by atoms with E-state index in [9.17, 15) is 0 Å². The molecule has 1 unspecified atom stereocenters. The summed E-state index contributed by atoms with van der Waals surface area (Å²) in [5, 5.41) is 10.3. The third kappa shape index (κ3) is 2.44. The molecule has 6 nitrogen and oxygen atoms in total. The highest BCUT2D eigenvalue weighted by Crippen LogP contribution is 2.42. The van der Waals surface area contributed by atoms with Gasteiger partial charge in [-0.15, -0.1) is 10.2 Å². The van der Waals surface area contributed by atoms with Crippen LogP contribution in [0.5, 0.6) is 5.75 Å². The van der Waals surface area contributed by atoms with Gasteiger partial charge in [-0.2, -0.15) is 0 Å². The molecular formula is C15H18N4O2S. The number of aromatic nitrogens is 3. The van der Waals surface area contributed by atoms with E-state index in [2.05, 4.69) is 20.1 Å². The minimum atomic E-state index is -0.0816. The predicted molar refractivity (Wildman–Crippen MR) is 83.4 cm³/mol. The van der Waals surface area contributed by atoms with E-state index in [1.807, 2.05) is 19.1 Å². The van der Waals surface area contributed by atoms with Crippen molar-refractivity contribution in [2.24, 2.45) is 5.92 Å². The summed E-state index contributed by atoms with van der Waals surface area (Å²) >= 11 is 1.63. The molecule has 0 bridgehead atoms. The van der Waals surface area contributed by atoms with Gasteiger partial charge in [0.15, 0.2) is 0 Å². The molecule has 0 saturated carbocycles. The van der Waals surface area contributed by atoms with Crippen molar-refractivity contribution in [3.05, 3.63) is 29.5 Å². The van der Waals surface area contributed by atoms with Crippen molar-refractivity contribution in [1.82, 2.24) is 15.2 Å². The first-order chi connectivity index (χ1) is 10.8. The Labute approximate surface area is 133 Å². The van der Waals surface area contributed by atoms with Crippen molar-refractivity contribution < 1.29 is 9.47 Å². The normalized spacial score (nSPS) is 22.8. The first-order valence-electron chi connectivity index (χ1n) is 7.47. The highest BCUT2D eigenvalue weighted by atomic mass is 32.1. The van der Waals surface area contributed by atoms with Gasteiger partial charge in [0.25, 0.3) is 0 Å². The van der Waals surface area contributed by atoms with E-state index in [1.165, 1.54) is 0 Å². The summed E-state index contributed by atoms with van der Waals surface area (Å²) in [6, 6.07) is 3.83. The van der Waals surface area contributed by atoms with E-state index in [0.717, 1.165) is 42.0 Å².